The smallest absolute Gasteiger partial charge is 0.265 e. The van der Waals surface area contributed by atoms with Crippen molar-refractivity contribution in [1.29, 1.82) is 0 Å². The Labute approximate surface area is 85.3 Å². The van der Waals surface area contributed by atoms with Gasteiger partial charge >= 0.3 is 0 Å². The summed E-state index contributed by atoms with van der Waals surface area (Å²) in [6.45, 7) is 0. The van der Waals surface area contributed by atoms with Gasteiger partial charge < -0.3 is 0 Å². The van der Waals surface area contributed by atoms with Crippen LogP contribution in [0.15, 0.2) is 36.4 Å². The first-order chi connectivity index (χ1) is 7.24. The highest BCUT2D eigenvalue weighted by molar-refractivity contribution is 5.93. The third-order valence-electron chi connectivity index (χ3n) is 2.35. The molecule has 0 N–H and O–H groups in total. The van der Waals surface area contributed by atoms with Gasteiger partial charge in [-0.15, -0.1) is 0 Å². The Kier molecular flexibility index (Phi) is 2.46. The number of alkyl halides is 2. The van der Waals surface area contributed by atoms with Gasteiger partial charge in [0.25, 0.3) is 6.43 Å². The summed E-state index contributed by atoms with van der Waals surface area (Å²) in [5.74, 6) is 0. The number of fused-ring (bicyclic) bond motifs is 1. The van der Waals surface area contributed by atoms with Crippen molar-refractivity contribution < 1.29 is 13.6 Å². The Bertz CT molecular complexity index is 506. The summed E-state index contributed by atoms with van der Waals surface area (Å²) >= 11 is 0. The Morgan fingerprint density at radius 3 is 2.47 bits per heavy atom. The Morgan fingerprint density at radius 1 is 1.07 bits per heavy atom. The first-order valence-electron chi connectivity index (χ1n) is 4.49. The van der Waals surface area contributed by atoms with Crippen LogP contribution in [0, 0.1) is 0 Å². The normalized spacial score (nSPS) is 10.9. The van der Waals surface area contributed by atoms with Crippen molar-refractivity contribution in [3.05, 3.63) is 47.5 Å². The standard InChI is InChI=1S/C12H8F2O/c13-12(14)11-9(7-15)6-5-8-3-1-2-4-10(8)11/h1-7,12H. The first-order valence-corrected chi connectivity index (χ1v) is 4.49. The molecular formula is C12H8F2O. The largest absolute Gasteiger partial charge is 0.298 e. The molecule has 3 heteroatoms. The van der Waals surface area contributed by atoms with E-state index < -0.39 is 6.43 Å². The minimum atomic E-state index is -2.63. The topological polar surface area (TPSA) is 17.1 Å². The molecule has 0 radical (unpaired) electrons. The van der Waals surface area contributed by atoms with Gasteiger partial charge in [0.1, 0.15) is 0 Å². The van der Waals surface area contributed by atoms with Crippen LogP contribution in [0.1, 0.15) is 22.3 Å². The lowest BCUT2D eigenvalue weighted by atomic mass is 10.00. The van der Waals surface area contributed by atoms with Crippen LogP contribution < -0.4 is 0 Å². The van der Waals surface area contributed by atoms with Crippen LogP contribution in [0.3, 0.4) is 0 Å². The van der Waals surface area contributed by atoms with E-state index in [1.807, 2.05) is 0 Å². The maximum Gasteiger partial charge on any atom is 0.265 e. The van der Waals surface area contributed by atoms with Gasteiger partial charge in [0, 0.05) is 11.1 Å². The summed E-state index contributed by atoms with van der Waals surface area (Å²) in [5, 5.41) is 1.16. The van der Waals surface area contributed by atoms with Gasteiger partial charge in [0.2, 0.25) is 0 Å². The fraction of sp³-hybridized carbons (Fsp3) is 0.0833. The van der Waals surface area contributed by atoms with Crippen LogP contribution in [0.25, 0.3) is 10.8 Å². The number of carbonyl (C=O) groups excluding carboxylic acids is 1. The third kappa shape index (κ3) is 1.61. The molecule has 2 aromatic carbocycles. The van der Waals surface area contributed by atoms with E-state index in [0.717, 1.165) is 5.39 Å². The molecule has 0 saturated heterocycles. The van der Waals surface area contributed by atoms with Gasteiger partial charge in [-0.1, -0.05) is 36.4 Å². The second-order valence-corrected chi connectivity index (χ2v) is 3.21. The number of carbonyl (C=O) groups is 1. The molecule has 0 unspecified atom stereocenters. The number of halogens is 2. The molecule has 0 aliphatic heterocycles. The number of benzene rings is 2. The first kappa shape index (κ1) is 9.77. The van der Waals surface area contributed by atoms with E-state index >= 15 is 0 Å². The lowest BCUT2D eigenvalue weighted by molar-refractivity contribution is 0.110. The van der Waals surface area contributed by atoms with E-state index in [4.69, 9.17) is 0 Å². The molecule has 0 heterocycles. The molecule has 0 atom stereocenters. The summed E-state index contributed by atoms with van der Waals surface area (Å²) in [5.41, 5.74) is -0.119. The second kappa shape index (κ2) is 3.77. The Hall–Kier alpha value is -1.77. The van der Waals surface area contributed by atoms with E-state index in [-0.39, 0.29) is 11.1 Å². The van der Waals surface area contributed by atoms with Crippen LogP contribution in [-0.4, -0.2) is 6.29 Å². The number of hydrogen-bond donors (Lipinski definition) is 0. The van der Waals surface area contributed by atoms with Gasteiger partial charge in [-0.2, -0.15) is 0 Å². The lowest BCUT2D eigenvalue weighted by Gasteiger charge is -2.07. The molecule has 0 bridgehead atoms. The molecule has 76 valence electrons. The van der Waals surface area contributed by atoms with Crippen LogP contribution >= 0.6 is 0 Å². The summed E-state index contributed by atoms with van der Waals surface area (Å²) in [4.78, 5) is 10.6. The van der Waals surface area contributed by atoms with Crippen molar-refractivity contribution >= 4 is 17.1 Å². The average Bonchev–Trinajstić information content (AvgIpc) is 2.27. The van der Waals surface area contributed by atoms with Gasteiger partial charge in [0.15, 0.2) is 6.29 Å². The summed E-state index contributed by atoms with van der Waals surface area (Å²) < 4.78 is 25.6. The summed E-state index contributed by atoms with van der Waals surface area (Å²) in [6, 6.07) is 9.91. The van der Waals surface area contributed by atoms with Crippen molar-refractivity contribution in [2.24, 2.45) is 0 Å². The maximum atomic E-state index is 12.8. The van der Waals surface area contributed by atoms with Crippen LogP contribution in [0.4, 0.5) is 8.78 Å². The monoisotopic (exact) mass is 206 g/mol. The van der Waals surface area contributed by atoms with Crippen molar-refractivity contribution in [3.8, 4) is 0 Å². The molecule has 0 amide bonds. The molecule has 2 rings (SSSR count). The van der Waals surface area contributed by atoms with Crippen molar-refractivity contribution in [3.63, 3.8) is 0 Å². The molecule has 15 heavy (non-hydrogen) atoms. The van der Waals surface area contributed by atoms with Crippen molar-refractivity contribution in [1.82, 2.24) is 0 Å². The van der Waals surface area contributed by atoms with Crippen molar-refractivity contribution in [2.45, 2.75) is 6.43 Å². The van der Waals surface area contributed by atoms with E-state index in [0.29, 0.717) is 11.7 Å². The fourth-order valence-electron chi connectivity index (χ4n) is 1.66. The van der Waals surface area contributed by atoms with E-state index in [1.54, 1.807) is 30.3 Å². The molecule has 0 aliphatic rings. The fourth-order valence-corrected chi connectivity index (χ4v) is 1.66. The van der Waals surface area contributed by atoms with Crippen molar-refractivity contribution in [2.75, 3.05) is 0 Å². The highest BCUT2D eigenvalue weighted by atomic mass is 19.3. The zero-order valence-electron chi connectivity index (χ0n) is 7.78. The van der Waals surface area contributed by atoms with Gasteiger partial charge in [-0.3, -0.25) is 4.79 Å². The molecule has 0 spiro atoms. The predicted molar refractivity (Wildman–Crippen MR) is 54.3 cm³/mol. The Morgan fingerprint density at radius 2 is 1.80 bits per heavy atom. The molecule has 0 fully saturated rings. The minimum absolute atomic E-state index is 0.0590. The average molecular weight is 206 g/mol. The maximum absolute atomic E-state index is 12.8. The van der Waals surface area contributed by atoms with E-state index in [2.05, 4.69) is 0 Å². The van der Waals surface area contributed by atoms with Gasteiger partial charge in [-0.05, 0) is 10.8 Å². The predicted octanol–water partition coefficient (Wildman–Crippen LogP) is 3.59. The molecule has 2 aromatic rings. The lowest BCUT2D eigenvalue weighted by Crippen LogP contribution is -1.94. The summed E-state index contributed by atoms with van der Waals surface area (Å²) in [7, 11) is 0. The Balaban J connectivity index is 2.84. The van der Waals surface area contributed by atoms with Gasteiger partial charge in [-0.25, -0.2) is 8.78 Å². The minimum Gasteiger partial charge on any atom is -0.298 e. The zero-order valence-corrected chi connectivity index (χ0v) is 7.78. The highest BCUT2D eigenvalue weighted by Gasteiger charge is 2.15. The molecule has 1 nitrogen and oxygen atoms in total. The molecule has 0 aromatic heterocycles. The molecular weight excluding hydrogens is 198 g/mol. The quantitative estimate of drug-likeness (QED) is 0.686. The number of rotatable bonds is 2. The SMILES string of the molecule is O=Cc1ccc2ccccc2c1C(F)F. The molecule has 0 saturated carbocycles. The number of aldehydes is 1. The van der Waals surface area contributed by atoms with Crippen LogP contribution in [0.5, 0.6) is 0 Å². The third-order valence-corrected chi connectivity index (χ3v) is 2.35. The zero-order chi connectivity index (χ0) is 10.8. The second-order valence-electron chi connectivity index (χ2n) is 3.21. The molecule has 0 aliphatic carbocycles. The number of hydrogen-bond acceptors (Lipinski definition) is 1. The van der Waals surface area contributed by atoms with Crippen LogP contribution in [-0.2, 0) is 0 Å². The highest BCUT2D eigenvalue weighted by Crippen LogP contribution is 2.30. The van der Waals surface area contributed by atoms with E-state index in [9.17, 15) is 13.6 Å². The van der Waals surface area contributed by atoms with Gasteiger partial charge in [0.05, 0.1) is 0 Å². The van der Waals surface area contributed by atoms with E-state index in [1.165, 1.54) is 6.07 Å². The summed E-state index contributed by atoms with van der Waals surface area (Å²) in [6.07, 6.45) is -2.16. The van der Waals surface area contributed by atoms with Crippen LogP contribution in [0.2, 0.25) is 0 Å².